The number of primary amides is 1. The molecule has 3 amide bonds. The summed E-state index contributed by atoms with van der Waals surface area (Å²) in [7, 11) is 0. The topological polar surface area (TPSA) is 111 Å². The molecule has 0 radical (unpaired) electrons. The van der Waals surface area contributed by atoms with Gasteiger partial charge in [-0.3, -0.25) is 14.4 Å². The van der Waals surface area contributed by atoms with Crippen molar-refractivity contribution in [3.05, 3.63) is 90.5 Å². The SMILES string of the molecule is NC(=O)C1CC(Oc2ccccc2)CN1C(=O)CNC(=O)c1ccc(Oc2ccccc2)cc1. The molecule has 4 rings (SSSR count). The highest BCUT2D eigenvalue weighted by molar-refractivity contribution is 5.97. The summed E-state index contributed by atoms with van der Waals surface area (Å²) in [5.41, 5.74) is 5.89. The van der Waals surface area contributed by atoms with E-state index >= 15 is 0 Å². The van der Waals surface area contributed by atoms with Gasteiger partial charge in [0.25, 0.3) is 5.91 Å². The van der Waals surface area contributed by atoms with Gasteiger partial charge in [-0.25, -0.2) is 0 Å². The zero-order valence-corrected chi connectivity index (χ0v) is 18.4. The third-order valence-electron chi connectivity index (χ3n) is 5.45. The van der Waals surface area contributed by atoms with Crippen molar-refractivity contribution in [3.8, 4) is 17.2 Å². The summed E-state index contributed by atoms with van der Waals surface area (Å²) in [6.45, 7) is -0.0499. The van der Waals surface area contributed by atoms with Crippen molar-refractivity contribution >= 4 is 17.7 Å². The molecule has 8 nitrogen and oxygen atoms in total. The molecule has 1 saturated heterocycles. The number of hydrogen-bond donors (Lipinski definition) is 2. The van der Waals surface area contributed by atoms with Crippen molar-refractivity contribution in [2.24, 2.45) is 5.73 Å². The minimum Gasteiger partial charge on any atom is -0.488 e. The zero-order valence-electron chi connectivity index (χ0n) is 18.4. The Kier molecular flexibility index (Phi) is 7.07. The van der Waals surface area contributed by atoms with Gasteiger partial charge in [0, 0.05) is 12.0 Å². The van der Waals surface area contributed by atoms with Crippen LogP contribution >= 0.6 is 0 Å². The van der Waals surface area contributed by atoms with E-state index in [1.54, 1.807) is 36.4 Å². The lowest BCUT2D eigenvalue weighted by molar-refractivity contribution is -0.136. The highest BCUT2D eigenvalue weighted by Gasteiger charge is 2.39. The van der Waals surface area contributed by atoms with Crippen LogP contribution in [0.25, 0.3) is 0 Å². The molecule has 1 aliphatic rings. The van der Waals surface area contributed by atoms with Crippen molar-refractivity contribution in [1.82, 2.24) is 10.2 Å². The Hall–Kier alpha value is -4.33. The summed E-state index contributed by atoms with van der Waals surface area (Å²) in [5.74, 6) is 0.511. The lowest BCUT2D eigenvalue weighted by Gasteiger charge is -2.22. The Morgan fingerprint density at radius 3 is 2.06 bits per heavy atom. The predicted octanol–water partition coefficient (Wildman–Crippen LogP) is 2.74. The number of rotatable bonds is 8. The number of nitrogens with zero attached hydrogens (tertiary/aromatic N) is 1. The molecule has 0 aliphatic carbocycles. The number of likely N-dealkylation sites (tertiary alicyclic amines) is 1. The van der Waals surface area contributed by atoms with E-state index in [-0.39, 0.29) is 19.2 Å². The van der Waals surface area contributed by atoms with Gasteiger partial charge in [0.05, 0.1) is 13.1 Å². The first-order valence-electron chi connectivity index (χ1n) is 10.9. The fraction of sp³-hybridized carbons (Fsp3) is 0.192. The lowest BCUT2D eigenvalue weighted by atomic mass is 10.2. The minimum atomic E-state index is -0.785. The third-order valence-corrected chi connectivity index (χ3v) is 5.45. The van der Waals surface area contributed by atoms with Gasteiger partial charge < -0.3 is 25.4 Å². The Morgan fingerprint density at radius 2 is 1.44 bits per heavy atom. The number of carbonyl (C=O) groups is 3. The number of amides is 3. The lowest BCUT2D eigenvalue weighted by Crippen LogP contribution is -2.47. The molecule has 0 aromatic heterocycles. The summed E-state index contributed by atoms with van der Waals surface area (Å²) in [6.07, 6.45) is -0.0658. The van der Waals surface area contributed by atoms with Gasteiger partial charge in [0.1, 0.15) is 29.4 Å². The molecule has 3 N–H and O–H groups in total. The van der Waals surface area contributed by atoms with Crippen LogP contribution in [0.15, 0.2) is 84.9 Å². The van der Waals surface area contributed by atoms with Crippen molar-refractivity contribution in [3.63, 3.8) is 0 Å². The van der Waals surface area contributed by atoms with Crippen LogP contribution in [0.1, 0.15) is 16.8 Å². The van der Waals surface area contributed by atoms with Crippen LogP contribution in [0.4, 0.5) is 0 Å². The summed E-state index contributed by atoms with van der Waals surface area (Å²) in [5, 5.41) is 2.60. The highest BCUT2D eigenvalue weighted by atomic mass is 16.5. The quantitative estimate of drug-likeness (QED) is 0.538. The Morgan fingerprint density at radius 1 is 0.853 bits per heavy atom. The second-order valence-electron chi connectivity index (χ2n) is 7.88. The molecule has 2 unspecified atom stereocenters. The average molecular weight is 460 g/mol. The van der Waals surface area contributed by atoms with E-state index in [2.05, 4.69) is 5.32 Å². The van der Waals surface area contributed by atoms with Gasteiger partial charge in [-0.1, -0.05) is 36.4 Å². The molecule has 8 heteroatoms. The van der Waals surface area contributed by atoms with Crippen molar-refractivity contribution in [2.75, 3.05) is 13.1 Å². The molecular weight excluding hydrogens is 434 g/mol. The van der Waals surface area contributed by atoms with Crippen molar-refractivity contribution < 1.29 is 23.9 Å². The molecule has 1 heterocycles. The largest absolute Gasteiger partial charge is 0.488 e. The number of nitrogens with one attached hydrogen (secondary N) is 1. The van der Waals surface area contributed by atoms with E-state index in [1.165, 1.54) is 4.90 Å². The first-order valence-corrected chi connectivity index (χ1v) is 10.9. The highest BCUT2D eigenvalue weighted by Crippen LogP contribution is 2.23. The molecule has 3 aromatic carbocycles. The molecule has 1 aliphatic heterocycles. The Bertz CT molecular complexity index is 1140. The Balaban J connectivity index is 1.31. The number of nitrogens with two attached hydrogens (primary N) is 1. The number of hydrogen-bond acceptors (Lipinski definition) is 5. The first-order chi connectivity index (χ1) is 16.5. The van der Waals surface area contributed by atoms with Gasteiger partial charge in [-0.05, 0) is 48.5 Å². The van der Waals surface area contributed by atoms with Crippen molar-refractivity contribution in [2.45, 2.75) is 18.6 Å². The number of carbonyl (C=O) groups excluding carboxylic acids is 3. The molecule has 174 valence electrons. The van der Waals surface area contributed by atoms with Crippen LogP contribution in [0, 0.1) is 0 Å². The zero-order chi connectivity index (χ0) is 23.9. The molecule has 3 aromatic rings. The number of ether oxygens (including phenoxy) is 2. The monoisotopic (exact) mass is 459 g/mol. The second kappa shape index (κ2) is 10.5. The summed E-state index contributed by atoms with van der Waals surface area (Å²) >= 11 is 0. The number of benzene rings is 3. The van der Waals surface area contributed by atoms with Gasteiger partial charge in [-0.2, -0.15) is 0 Å². The average Bonchev–Trinajstić information content (AvgIpc) is 3.28. The van der Waals surface area contributed by atoms with Crippen LogP contribution in [0.3, 0.4) is 0 Å². The van der Waals surface area contributed by atoms with E-state index in [4.69, 9.17) is 15.2 Å². The van der Waals surface area contributed by atoms with Gasteiger partial charge >= 0.3 is 0 Å². The van der Waals surface area contributed by atoms with E-state index in [0.29, 0.717) is 29.2 Å². The second-order valence-corrected chi connectivity index (χ2v) is 7.88. The van der Waals surface area contributed by atoms with Gasteiger partial charge in [0.15, 0.2) is 0 Å². The van der Waals surface area contributed by atoms with E-state index in [9.17, 15) is 14.4 Å². The molecule has 0 bridgehead atoms. The van der Waals surface area contributed by atoms with Crippen molar-refractivity contribution in [1.29, 1.82) is 0 Å². The minimum absolute atomic E-state index is 0.211. The molecule has 0 spiro atoms. The predicted molar refractivity (Wildman–Crippen MR) is 125 cm³/mol. The van der Waals surface area contributed by atoms with Crippen LogP contribution in [-0.2, 0) is 9.59 Å². The van der Waals surface area contributed by atoms with E-state index < -0.39 is 23.8 Å². The van der Waals surface area contributed by atoms with Gasteiger partial charge in [0.2, 0.25) is 11.8 Å². The smallest absolute Gasteiger partial charge is 0.251 e. The van der Waals surface area contributed by atoms with Crippen LogP contribution in [0.2, 0.25) is 0 Å². The fourth-order valence-corrected chi connectivity index (χ4v) is 3.78. The van der Waals surface area contributed by atoms with E-state index in [0.717, 1.165) is 0 Å². The summed E-state index contributed by atoms with van der Waals surface area (Å²) in [4.78, 5) is 38.6. The molecule has 1 fully saturated rings. The molecule has 34 heavy (non-hydrogen) atoms. The maximum Gasteiger partial charge on any atom is 0.251 e. The third kappa shape index (κ3) is 5.72. The first kappa shape index (κ1) is 22.8. The normalized spacial score (nSPS) is 17.1. The Labute approximate surface area is 197 Å². The molecular formula is C26H25N3O5. The molecule has 2 atom stereocenters. The molecule has 0 saturated carbocycles. The fourth-order valence-electron chi connectivity index (χ4n) is 3.78. The van der Waals surface area contributed by atoms with Crippen LogP contribution < -0.4 is 20.5 Å². The maximum atomic E-state index is 12.8. The van der Waals surface area contributed by atoms with E-state index in [1.807, 2.05) is 48.5 Å². The maximum absolute atomic E-state index is 12.8. The summed E-state index contributed by atoms with van der Waals surface area (Å²) < 4.78 is 11.6. The number of para-hydroxylation sites is 2. The van der Waals surface area contributed by atoms with Gasteiger partial charge in [-0.15, -0.1) is 0 Å². The standard InChI is InChI=1S/C26H25N3O5/c27-25(31)23-15-22(34-20-9-5-2-6-10-20)17-29(23)24(30)16-28-26(32)18-11-13-21(14-12-18)33-19-7-3-1-4-8-19/h1-14,22-23H,15-17H2,(H2,27,31)(H,28,32). The van der Waals surface area contributed by atoms with Crippen LogP contribution in [-0.4, -0.2) is 47.9 Å². The summed E-state index contributed by atoms with van der Waals surface area (Å²) in [6, 6.07) is 24.3. The van der Waals surface area contributed by atoms with Crippen LogP contribution in [0.5, 0.6) is 17.2 Å².